The van der Waals surface area contributed by atoms with E-state index >= 15 is 4.79 Å². The number of aliphatic carboxylic acids is 1. The standard InChI is InChI=1S/C31H31ClN4O6S.C2HF3O2/c1-33-19-20-6-12-24(28(17-20)41-3)31(35-15-4-5-27(35)29-34-14-16-42-29)25-18-21(32)7-13-26(25)36(30(31)37)43(38,39)23-10-8-22(40-2)9-11-23;3-2(4,5)1(6)7/h6-14,16-18,27,33H,4-5,15,19H2,1-3H3;(H,6,7)/t27-,31?;/m0./s1. The predicted molar refractivity (Wildman–Crippen MR) is 175 cm³/mol. The van der Waals surface area contributed by atoms with Gasteiger partial charge in [0.2, 0.25) is 5.89 Å². The topological polar surface area (TPSA) is 152 Å². The molecule has 4 aromatic rings. The van der Waals surface area contributed by atoms with Crippen molar-refractivity contribution in [2.45, 2.75) is 42.0 Å². The number of methoxy groups -OCH3 is 2. The monoisotopic (exact) mass is 736 g/mol. The van der Waals surface area contributed by atoms with Crippen LogP contribution in [0.5, 0.6) is 11.5 Å². The van der Waals surface area contributed by atoms with Crippen LogP contribution < -0.4 is 19.1 Å². The number of amides is 1. The van der Waals surface area contributed by atoms with Crippen LogP contribution >= 0.6 is 11.6 Å². The first-order valence-electron chi connectivity index (χ1n) is 15.0. The number of rotatable bonds is 9. The van der Waals surface area contributed by atoms with E-state index in [1.165, 1.54) is 32.6 Å². The maximum absolute atomic E-state index is 15.2. The smallest absolute Gasteiger partial charge is 0.490 e. The molecule has 2 N–H and O–H groups in total. The number of likely N-dealkylation sites (tertiary alicyclic amines) is 1. The first-order valence-corrected chi connectivity index (χ1v) is 16.9. The number of ether oxygens (including phenoxy) is 2. The number of nitrogens with one attached hydrogen (secondary N) is 1. The predicted octanol–water partition coefficient (Wildman–Crippen LogP) is 5.51. The minimum absolute atomic E-state index is 0.0552. The SMILES string of the molecule is CNCc1ccc(C2(N3CCC[C@H]3c3ncco3)C(=O)N(S(=O)(=O)c3ccc(OC)cc3)c3ccc(Cl)cc32)c(OC)c1.O=C(O)C(F)(F)F. The van der Waals surface area contributed by atoms with Gasteiger partial charge in [-0.15, -0.1) is 0 Å². The Morgan fingerprint density at radius 1 is 1.10 bits per heavy atom. The largest absolute Gasteiger partial charge is 0.497 e. The van der Waals surface area contributed by atoms with Gasteiger partial charge in [-0.3, -0.25) is 9.69 Å². The molecule has 0 saturated carbocycles. The Morgan fingerprint density at radius 2 is 1.80 bits per heavy atom. The third-order valence-corrected chi connectivity index (χ3v) is 10.3. The van der Waals surface area contributed by atoms with E-state index in [1.807, 2.05) is 30.1 Å². The van der Waals surface area contributed by atoms with Gasteiger partial charge in [0, 0.05) is 29.2 Å². The number of halogens is 4. The first kappa shape index (κ1) is 36.6. The van der Waals surface area contributed by atoms with E-state index in [0.29, 0.717) is 53.0 Å². The van der Waals surface area contributed by atoms with Crippen molar-refractivity contribution in [3.8, 4) is 11.5 Å². The highest BCUT2D eigenvalue weighted by Crippen LogP contribution is 2.56. The lowest BCUT2D eigenvalue weighted by molar-refractivity contribution is -0.192. The average Bonchev–Trinajstić information content (AvgIpc) is 3.84. The molecule has 2 atom stereocenters. The number of benzene rings is 3. The van der Waals surface area contributed by atoms with E-state index < -0.39 is 39.7 Å². The van der Waals surface area contributed by atoms with Gasteiger partial charge in [-0.1, -0.05) is 23.7 Å². The number of carbonyl (C=O) groups is 2. The van der Waals surface area contributed by atoms with E-state index in [2.05, 4.69) is 10.3 Å². The van der Waals surface area contributed by atoms with Gasteiger partial charge in [0.05, 0.1) is 37.0 Å². The summed E-state index contributed by atoms with van der Waals surface area (Å²) in [6, 6.07) is 16.0. The average molecular weight is 737 g/mol. The van der Waals surface area contributed by atoms with Crippen molar-refractivity contribution in [2.24, 2.45) is 0 Å². The molecule has 17 heteroatoms. The summed E-state index contributed by atoms with van der Waals surface area (Å²) in [4.78, 5) is 30.5. The Hall–Kier alpha value is -4.64. The number of alkyl halides is 3. The molecule has 1 unspecified atom stereocenters. The highest BCUT2D eigenvalue weighted by Gasteiger charge is 2.62. The molecule has 2 aliphatic rings. The number of carbonyl (C=O) groups excluding carboxylic acids is 1. The number of carboxylic acids is 1. The van der Waals surface area contributed by atoms with Gasteiger partial charge in [-0.25, -0.2) is 22.5 Å². The zero-order valence-electron chi connectivity index (χ0n) is 26.9. The van der Waals surface area contributed by atoms with E-state index in [9.17, 15) is 21.6 Å². The van der Waals surface area contributed by atoms with E-state index in [0.717, 1.165) is 16.3 Å². The minimum atomic E-state index is -5.08. The molecule has 1 fully saturated rings. The number of fused-ring (bicyclic) bond motifs is 1. The van der Waals surface area contributed by atoms with Gasteiger partial charge in [0.15, 0.2) is 5.54 Å². The zero-order chi connectivity index (χ0) is 36.4. The van der Waals surface area contributed by atoms with Crippen LogP contribution in [-0.4, -0.2) is 69.3 Å². The molecule has 1 saturated heterocycles. The van der Waals surface area contributed by atoms with Crippen molar-refractivity contribution >= 4 is 39.2 Å². The molecule has 3 aromatic carbocycles. The number of nitrogens with zero attached hydrogens (tertiary/aromatic N) is 3. The summed E-state index contributed by atoms with van der Waals surface area (Å²) >= 11 is 6.60. The maximum Gasteiger partial charge on any atom is 0.490 e. The van der Waals surface area contributed by atoms with E-state index in [-0.39, 0.29) is 10.6 Å². The second kappa shape index (κ2) is 14.3. The Balaban J connectivity index is 0.000000630. The maximum atomic E-state index is 15.2. The van der Waals surface area contributed by atoms with Gasteiger partial charge >= 0.3 is 12.1 Å². The zero-order valence-corrected chi connectivity index (χ0v) is 28.5. The molecule has 1 aromatic heterocycles. The summed E-state index contributed by atoms with van der Waals surface area (Å²) in [5.41, 5.74) is 0.432. The van der Waals surface area contributed by atoms with Crippen molar-refractivity contribution in [3.05, 3.63) is 101 Å². The van der Waals surface area contributed by atoms with Crippen molar-refractivity contribution in [2.75, 3.05) is 32.1 Å². The molecule has 6 rings (SSSR count). The van der Waals surface area contributed by atoms with Crippen LogP contribution in [0, 0.1) is 0 Å². The number of sulfonamides is 1. The van der Waals surface area contributed by atoms with Crippen LogP contribution in [0.2, 0.25) is 5.02 Å². The molecule has 50 heavy (non-hydrogen) atoms. The molecule has 0 spiro atoms. The fraction of sp³-hybridized carbons (Fsp3) is 0.303. The van der Waals surface area contributed by atoms with Crippen molar-refractivity contribution in [1.82, 2.24) is 15.2 Å². The third-order valence-electron chi connectivity index (χ3n) is 8.36. The molecule has 0 aliphatic carbocycles. The number of hydrogen-bond donors (Lipinski definition) is 2. The number of hydrogen-bond acceptors (Lipinski definition) is 10. The number of carboxylic acid groups (broad SMARTS) is 1. The van der Waals surface area contributed by atoms with Crippen LogP contribution in [0.4, 0.5) is 18.9 Å². The summed E-state index contributed by atoms with van der Waals surface area (Å²) in [6.45, 7) is 1.03. The van der Waals surface area contributed by atoms with Gasteiger partial charge in [-0.05, 0) is 74.0 Å². The van der Waals surface area contributed by atoms with E-state index in [1.54, 1.807) is 36.5 Å². The molecular weight excluding hydrogens is 705 g/mol. The van der Waals surface area contributed by atoms with Crippen LogP contribution in [0.25, 0.3) is 0 Å². The van der Waals surface area contributed by atoms with E-state index in [4.69, 9.17) is 35.4 Å². The summed E-state index contributed by atoms with van der Waals surface area (Å²) in [5, 5.41) is 10.6. The van der Waals surface area contributed by atoms with Gasteiger partial charge < -0.3 is 24.3 Å². The van der Waals surface area contributed by atoms with Crippen LogP contribution in [0.1, 0.15) is 41.5 Å². The third kappa shape index (κ3) is 6.51. The van der Waals surface area contributed by atoms with Crippen LogP contribution in [0.15, 0.2) is 82.4 Å². The molecule has 0 bridgehead atoms. The Morgan fingerprint density at radius 3 is 2.38 bits per heavy atom. The fourth-order valence-corrected chi connectivity index (χ4v) is 7.94. The summed E-state index contributed by atoms with van der Waals surface area (Å²) in [5.74, 6) is -2.05. The number of aromatic nitrogens is 1. The molecule has 0 radical (unpaired) electrons. The lowest BCUT2D eigenvalue weighted by atomic mass is 9.80. The lowest BCUT2D eigenvalue weighted by Crippen LogP contribution is -2.54. The quantitative estimate of drug-likeness (QED) is 0.224. The van der Waals surface area contributed by atoms with Gasteiger partial charge in [0.25, 0.3) is 15.9 Å². The second-order valence-electron chi connectivity index (χ2n) is 11.2. The highest BCUT2D eigenvalue weighted by molar-refractivity contribution is 7.93. The molecular formula is C33H32ClF3N4O8S. The van der Waals surface area contributed by atoms with Crippen LogP contribution in [-0.2, 0) is 31.7 Å². The van der Waals surface area contributed by atoms with Gasteiger partial charge in [0.1, 0.15) is 17.8 Å². The molecule has 266 valence electrons. The highest BCUT2D eigenvalue weighted by atomic mass is 35.5. The Bertz CT molecular complexity index is 1980. The minimum Gasteiger partial charge on any atom is -0.497 e. The summed E-state index contributed by atoms with van der Waals surface area (Å²) < 4.78 is 78.3. The van der Waals surface area contributed by atoms with Crippen molar-refractivity contribution in [1.29, 1.82) is 0 Å². The second-order valence-corrected chi connectivity index (χ2v) is 13.4. The first-order chi connectivity index (χ1) is 23.7. The molecule has 3 heterocycles. The normalized spacial score (nSPS) is 19.1. The summed E-state index contributed by atoms with van der Waals surface area (Å²) in [6.07, 6.45) is -0.652. The van der Waals surface area contributed by atoms with Crippen molar-refractivity contribution < 1.29 is 50.2 Å². The van der Waals surface area contributed by atoms with Crippen LogP contribution in [0.3, 0.4) is 0 Å². The molecule has 12 nitrogen and oxygen atoms in total. The number of anilines is 1. The summed E-state index contributed by atoms with van der Waals surface area (Å²) in [7, 11) is 0.489. The van der Waals surface area contributed by atoms with Gasteiger partial charge in [-0.2, -0.15) is 13.2 Å². The fourth-order valence-electron chi connectivity index (χ4n) is 6.30. The Kier molecular flexibility index (Phi) is 10.5. The Labute approximate surface area is 290 Å². The molecule has 1 amide bonds. The lowest BCUT2D eigenvalue weighted by Gasteiger charge is -2.41. The molecule has 2 aliphatic heterocycles. The number of oxazole rings is 1. The van der Waals surface area contributed by atoms with Crippen molar-refractivity contribution in [3.63, 3.8) is 0 Å².